The molecule has 1 aromatic carbocycles. The summed E-state index contributed by atoms with van der Waals surface area (Å²) in [6, 6.07) is 6.89. The highest BCUT2D eigenvalue weighted by atomic mass is 35.5. The zero-order valence-electron chi connectivity index (χ0n) is 12.0. The summed E-state index contributed by atoms with van der Waals surface area (Å²) in [4.78, 5) is 12.6. The Bertz CT molecular complexity index is 499. The molecule has 1 atom stereocenters. The van der Waals surface area contributed by atoms with Crippen molar-refractivity contribution in [2.75, 3.05) is 13.1 Å². The number of nitrogens with one attached hydrogen (secondary N) is 2. The highest BCUT2D eigenvalue weighted by Crippen LogP contribution is 2.44. The van der Waals surface area contributed by atoms with Crippen LogP contribution in [0, 0.1) is 5.82 Å². The molecule has 5 heteroatoms. The second-order valence-corrected chi connectivity index (χ2v) is 5.95. The molecule has 21 heavy (non-hydrogen) atoms. The van der Waals surface area contributed by atoms with Crippen LogP contribution in [0.5, 0.6) is 0 Å². The smallest absolute Gasteiger partial charge is 0.230 e. The molecular weight excluding hydrogens is 291 g/mol. The molecule has 1 saturated carbocycles. The lowest BCUT2D eigenvalue weighted by atomic mass is 9.63. The van der Waals surface area contributed by atoms with Crippen LogP contribution in [0.25, 0.3) is 0 Å². The maximum atomic E-state index is 13.4. The minimum atomic E-state index is -0.499. The number of rotatable bonds is 4. The lowest BCUT2D eigenvalue weighted by Crippen LogP contribution is -2.51. The van der Waals surface area contributed by atoms with Crippen molar-refractivity contribution in [3.05, 3.63) is 35.6 Å². The second kappa shape index (κ2) is 6.75. The normalized spacial score (nSPS) is 23.0. The molecule has 2 N–H and O–H groups in total. The molecular formula is C16H22ClFN2O. The molecule has 3 rings (SSSR count). The third-order valence-corrected chi connectivity index (χ3v) is 4.69. The van der Waals surface area contributed by atoms with E-state index in [0.717, 1.165) is 37.8 Å². The third-order valence-electron chi connectivity index (χ3n) is 4.69. The molecule has 1 heterocycles. The fraction of sp³-hybridized carbons (Fsp3) is 0.562. The van der Waals surface area contributed by atoms with E-state index in [1.54, 1.807) is 6.07 Å². The van der Waals surface area contributed by atoms with E-state index in [9.17, 15) is 9.18 Å². The molecule has 0 aromatic heterocycles. The summed E-state index contributed by atoms with van der Waals surface area (Å²) in [7, 11) is 0. The quantitative estimate of drug-likeness (QED) is 0.897. The number of carbonyl (C=O) groups excluding carboxylic acids is 1. The zero-order chi connectivity index (χ0) is 14.0. The molecule has 0 spiro atoms. The van der Waals surface area contributed by atoms with Crippen molar-refractivity contribution in [1.29, 1.82) is 0 Å². The number of benzene rings is 1. The number of amides is 1. The molecule has 1 aromatic rings. The molecule has 1 amide bonds. The maximum absolute atomic E-state index is 13.4. The van der Waals surface area contributed by atoms with Crippen molar-refractivity contribution >= 4 is 18.3 Å². The largest absolute Gasteiger partial charge is 0.354 e. The molecule has 116 valence electrons. The van der Waals surface area contributed by atoms with Crippen LogP contribution in [-0.4, -0.2) is 25.0 Å². The standard InChI is InChI=1S/C16H21FN2O.ClH/c17-13-5-1-4-12(10-13)16(7-3-8-16)15(20)19-11-14-6-2-9-18-14;/h1,4-5,10,14,18H,2-3,6-9,11H2,(H,19,20);1H. The number of carbonyl (C=O) groups is 1. The summed E-state index contributed by atoms with van der Waals surface area (Å²) in [5.41, 5.74) is 0.321. The topological polar surface area (TPSA) is 41.1 Å². The van der Waals surface area contributed by atoms with Crippen LogP contribution >= 0.6 is 12.4 Å². The van der Waals surface area contributed by atoms with Gasteiger partial charge in [-0.1, -0.05) is 18.6 Å². The average molecular weight is 313 g/mol. The first kappa shape index (κ1) is 16.2. The van der Waals surface area contributed by atoms with E-state index in [2.05, 4.69) is 10.6 Å². The van der Waals surface area contributed by atoms with Crippen LogP contribution in [-0.2, 0) is 10.2 Å². The fourth-order valence-corrected chi connectivity index (χ4v) is 3.28. The lowest BCUT2D eigenvalue weighted by Gasteiger charge is -2.41. The highest BCUT2D eigenvalue weighted by Gasteiger charge is 2.45. The first-order chi connectivity index (χ1) is 9.71. The summed E-state index contributed by atoms with van der Waals surface area (Å²) in [5.74, 6) is -0.206. The van der Waals surface area contributed by atoms with Gasteiger partial charge >= 0.3 is 0 Å². The Morgan fingerprint density at radius 1 is 1.38 bits per heavy atom. The van der Waals surface area contributed by atoms with Gasteiger partial charge in [0.1, 0.15) is 5.82 Å². The van der Waals surface area contributed by atoms with Crippen LogP contribution < -0.4 is 10.6 Å². The van der Waals surface area contributed by atoms with Gasteiger partial charge in [-0.25, -0.2) is 4.39 Å². The molecule has 1 unspecified atom stereocenters. The summed E-state index contributed by atoms with van der Waals surface area (Å²) in [6.07, 6.45) is 4.97. The molecule has 2 fully saturated rings. The van der Waals surface area contributed by atoms with E-state index >= 15 is 0 Å². The molecule has 3 nitrogen and oxygen atoms in total. The predicted molar refractivity (Wildman–Crippen MR) is 83.2 cm³/mol. The summed E-state index contributed by atoms with van der Waals surface area (Å²) >= 11 is 0. The van der Waals surface area contributed by atoms with Gasteiger partial charge in [-0.05, 0) is 49.9 Å². The van der Waals surface area contributed by atoms with Gasteiger partial charge < -0.3 is 10.6 Å². The number of halogens is 2. The van der Waals surface area contributed by atoms with Gasteiger partial charge in [0.25, 0.3) is 0 Å². The zero-order valence-corrected chi connectivity index (χ0v) is 12.8. The first-order valence-corrected chi connectivity index (χ1v) is 7.48. The Kier molecular flexibility index (Phi) is 5.22. The van der Waals surface area contributed by atoms with Crippen molar-refractivity contribution in [3.8, 4) is 0 Å². The van der Waals surface area contributed by atoms with Gasteiger partial charge in [-0.3, -0.25) is 4.79 Å². The summed E-state index contributed by atoms with van der Waals surface area (Å²) in [6.45, 7) is 1.71. The van der Waals surface area contributed by atoms with Crippen LogP contribution in [0.1, 0.15) is 37.7 Å². The Morgan fingerprint density at radius 3 is 2.76 bits per heavy atom. The summed E-state index contributed by atoms with van der Waals surface area (Å²) in [5, 5.41) is 6.44. The number of hydrogen-bond donors (Lipinski definition) is 2. The Morgan fingerprint density at radius 2 is 2.19 bits per heavy atom. The fourth-order valence-electron chi connectivity index (χ4n) is 3.28. The second-order valence-electron chi connectivity index (χ2n) is 5.95. The lowest BCUT2D eigenvalue weighted by molar-refractivity contribution is -0.130. The maximum Gasteiger partial charge on any atom is 0.230 e. The van der Waals surface area contributed by atoms with Crippen molar-refractivity contribution < 1.29 is 9.18 Å². The monoisotopic (exact) mass is 312 g/mol. The van der Waals surface area contributed by atoms with Crippen LogP contribution in [0.4, 0.5) is 4.39 Å². The van der Waals surface area contributed by atoms with Crippen LogP contribution in [0.15, 0.2) is 24.3 Å². The van der Waals surface area contributed by atoms with Crippen molar-refractivity contribution in [2.45, 2.75) is 43.6 Å². The molecule has 0 bridgehead atoms. The SMILES string of the molecule is Cl.O=C(NCC1CCCN1)C1(c2cccc(F)c2)CCC1. The van der Waals surface area contributed by atoms with E-state index in [1.165, 1.54) is 18.6 Å². The van der Waals surface area contributed by atoms with Gasteiger partial charge in [0.15, 0.2) is 0 Å². The van der Waals surface area contributed by atoms with E-state index in [4.69, 9.17) is 0 Å². The van der Waals surface area contributed by atoms with Gasteiger partial charge in [0.05, 0.1) is 5.41 Å². The summed E-state index contributed by atoms with van der Waals surface area (Å²) < 4.78 is 13.4. The number of hydrogen-bond acceptors (Lipinski definition) is 2. The van der Waals surface area contributed by atoms with E-state index in [1.807, 2.05) is 6.07 Å². The Balaban J connectivity index is 0.00000161. The van der Waals surface area contributed by atoms with Crippen LogP contribution in [0.3, 0.4) is 0 Å². The third kappa shape index (κ3) is 3.22. The highest BCUT2D eigenvalue weighted by molar-refractivity contribution is 5.89. The average Bonchev–Trinajstić information content (AvgIpc) is 2.88. The molecule has 0 radical (unpaired) electrons. The van der Waals surface area contributed by atoms with Gasteiger partial charge in [0, 0.05) is 12.6 Å². The van der Waals surface area contributed by atoms with Gasteiger partial charge in [0.2, 0.25) is 5.91 Å². The first-order valence-electron chi connectivity index (χ1n) is 7.48. The van der Waals surface area contributed by atoms with E-state index < -0.39 is 5.41 Å². The Labute approximate surface area is 131 Å². The van der Waals surface area contributed by atoms with E-state index in [0.29, 0.717) is 12.6 Å². The minimum absolute atomic E-state index is 0. The molecule has 1 aliphatic carbocycles. The predicted octanol–water partition coefficient (Wildman–Crippen LogP) is 2.54. The molecule has 2 aliphatic rings. The van der Waals surface area contributed by atoms with Gasteiger partial charge in [-0.2, -0.15) is 0 Å². The van der Waals surface area contributed by atoms with Crippen molar-refractivity contribution in [1.82, 2.24) is 10.6 Å². The molecule has 1 saturated heterocycles. The van der Waals surface area contributed by atoms with E-state index in [-0.39, 0.29) is 24.1 Å². The van der Waals surface area contributed by atoms with Crippen molar-refractivity contribution in [2.24, 2.45) is 0 Å². The molecule has 1 aliphatic heterocycles. The minimum Gasteiger partial charge on any atom is -0.354 e. The van der Waals surface area contributed by atoms with Gasteiger partial charge in [-0.15, -0.1) is 12.4 Å². The van der Waals surface area contributed by atoms with Crippen molar-refractivity contribution in [3.63, 3.8) is 0 Å². The Hall–Kier alpha value is -1.13. The van der Waals surface area contributed by atoms with Crippen LogP contribution in [0.2, 0.25) is 0 Å².